The first-order valence-electron chi connectivity index (χ1n) is 6.73. The molecule has 3 rings (SSSR count). The number of aryl methyl sites for hydroxylation is 1. The van der Waals surface area contributed by atoms with Gasteiger partial charge in [0.1, 0.15) is 12.2 Å². The SMILES string of the molecule is CCC[n+]1ccccc1-c1ccc2ccccc2n1. The number of aromatic nitrogens is 2. The van der Waals surface area contributed by atoms with E-state index in [1.807, 2.05) is 12.1 Å². The normalized spacial score (nSPS) is 10.8. The fourth-order valence-electron chi connectivity index (χ4n) is 2.35. The first-order chi connectivity index (χ1) is 9.38. The van der Waals surface area contributed by atoms with E-state index >= 15 is 0 Å². The van der Waals surface area contributed by atoms with Crippen molar-refractivity contribution in [3.63, 3.8) is 0 Å². The molecule has 0 bridgehead atoms. The quantitative estimate of drug-likeness (QED) is 0.648. The summed E-state index contributed by atoms with van der Waals surface area (Å²) in [6.07, 6.45) is 3.24. The molecule has 0 atom stereocenters. The van der Waals surface area contributed by atoms with E-state index in [0.717, 1.165) is 24.2 Å². The van der Waals surface area contributed by atoms with Gasteiger partial charge in [-0.25, -0.2) is 4.98 Å². The first-order valence-corrected chi connectivity index (χ1v) is 6.73. The highest BCUT2D eigenvalue weighted by molar-refractivity contribution is 5.80. The van der Waals surface area contributed by atoms with Crippen molar-refractivity contribution in [1.82, 2.24) is 4.98 Å². The third kappa shape index (κ3) is 2.34. The zero-order valence-corrected chi connectivity index (χ0v) is 11.1. The largest absolute Gasteiger partial charge is 0.241 e. The highest BCUT2D eigenvalue weighted by Crippen LogP contribution is 2.18. The van der Waals surface area contributed by atoms with Gasteiger partial charge in [0.2, 0.25) is 5.69 Å². The topological polar surface area (TPSA) is 16.8 Å². The molecule has 0 radical (unpaired) electrons. The van der Waals surface area contributed by atoms with Gasteiger partial charge in [0.25, 0.3) is 0 Å². The van der Waals surface area contributed by atoms with Crippen LogP contribution in [0.1, 0.15) is 13.3 Å². The number of hydrogen-bond acceptors (Lipinski definition) is 1. The number of benzene rings is 1. The molecule has 1 aromatic carbocycles. The van der Waals surface area contributed by atoms with Crippen molar-refractivity contribution in [2.45, 2.75) is 19.9 Å². The molecule has 0 amide bonds. The van der Waals surface area contributed by atoms with Crippen LogP contribution in [-0.2, 0) is 6.54 Å². The van der Waals surface area contributed by atoms with E-state index in [9.17, 15) is 0 Å². The molecule has 0 N–H and O–H groups in total. The highest BCUT2D eigenvalue weighted by Gasteiger charge is 2.12. The Bertz CT molecular complexity index is 704. The van der Waals surface area contributed by atoms with Crippen LogP contribution in [0.3, 0.4) is 0 Å². The van der Waals surface area contributed by atoms with Crippen molar-refractivity contribution in [2.75, 3.05) is 0 Å². The monoisotopic (exact) mass is 249 g/mol. The third-order valence-corrected chi connectivity index (χ3v) is 3.27. The van der Waals surface area contributed by atoms with Crippen molar-refractivity contribution in [3.8, 4) is 11.4 Å². The average Bonchev–Trinajstić information content (AvgIpc) is 2.48. The van der Waals surface area contributed by atoms with Gasteiger partial charge in [-0.05, 0) is 18.2 Å². The van der Waals surface area contributed by atoms with Gasteiger partial charge in [-0.15, -0.1) is 0 Å². The van der Waals surface area contributed by atoms with Crippen LogP contribution in [0.5, 0.6) is 0 Å². The molecule has 2 nitrogen and oxygen atoms in total. The van der Waals surface area contributed by atoms with Crippen LogP contribution < -0.4 is 4.57 Å². The number of pyridine rings is 2. The minimum Gasteiger partial charge on any atom is -0.241 e. The van der Waals surface area contributed by atoms with Crippen LogP contribution in [0.2, 0.25) is 0 Å². The third-order valence-electron chi connectivity index (χ3n) is 3.27. The highest BCUT2D eigenvalue weighted by atomic mass is 15.0. The zero-order valence-electron chi connectivity index (χ0n) is 11.1. The van der Waals surface area contributed by atoms with Crippen LogP contribution in [0.15, 0.2) is 60.8 Å². The Morgan fingerprint density at radius 3 is 2.68 bits per heavy atom. The number of nitrogens with zero attached hydrogens (tertiary/aromatic N) is 2. The molecule has 2 aromatic heterocycles. The summed E-state index contributed by atoms with van der Waals surface area (Å²) in [5.41, 5.74) is 3.26. The van der Waals surface area contributed by atoms with Gasteiger partial charge >= 0.3 is 0 Å². The summed E-state index contributed by atoms with van der Waals surface area (Å²) >= 11 is 0. The fraction of sp³-hybridized carbons (Fsp3) is 0.176. The van der Waals surface area contributed by atoms with E-state index in [2.05, 4.69) is 60.2 Å². The van der Waals surface area contributed by atoms with E-state index in [0.29, 0.717) is 0 Å². The zero-order chi connectivity index (χ0) is 13.1. The van der Waals surface area contributed by atoms with E-state index in [-0.39, 0.29) is 0 Å². The molecule has 3 aromatic rings. The Balaban J connectivity index is 2.13. The minimum absolute atomic E-state index is 1.02. The number of rotatable bonds is 3. The lowest BCUT2D eigenvalue weighted by atomic mass is 10.1. The Morgan fingerprint density at radius 2 is 1.79 bits per heavy atom. The Hall–Kier alpha value is -2.22. The van der Waals surface area contributed by atoms with Crippen molar-refractivity contribution in [2.24, 2.45) is 0 Å². The molecule has 0 fully saturated rings. The first kappa shape index (κ1) is 11.8. The van der Waals surface area contributed by atoms with Crippen molar-refractivity contribution in [3.05, 3.63) is 60.8 Å². The molecule has 0 aliphatic rings. The van der Waals surface area contributed by atoms with Gasteiger partial charge in [-0.3, -0.25) is 0 Å². The average molecular weight is 249 g/mol. The van der Waals surface area contributed by atoms with Crippen molar-refractivity contribution >= 4 is 10.9 Å². The van der Waals surface area contributed by atoms with Crippen LogP contribution in [0.25, 0.3) is 22.3 Å². The Morgan fingerprint density at radius 1 is 0.947 bits per heavy atom. The summed E-state index contributed by atoms with van der Waals surface area (Å²) < 4.78 is 2.26. The summed E-state index contributed by atoms with van der Waals surface area (Å²) in [7, 11) is 0. The van der Waals surface area contributed by atoms with Crippen molar-refractivity contribution in [1.29, 1.82) is 0 Å². The summed E-state index contributed by atoms with van der Waals surface area (Å²) in [6.45, 7) is 3.21. The molecule has 0 saturated heterocycles. The van der Waals surface area contributed by atoms with Gasteiger partial charge < -0.3 is 0 Å². The molecule has 0 saturated carbocycles. The molecule has 19 heavy (non-hydrogen) atoms. The van der Waals surface area contributed by atoms with E-state index < -0.39 is 0 Å². The van der Waals surface area contributed by atoms with Gasteiger partial charge in [0.05, 0.1) is 5.52 Å². The minimum atomic E-state index is 1.02. The molecular formula is C17H17N2+. The molecule has 0 spiro atoms. The van der Waals surface area contributed by atoms with Gasteiger partial charge in [0, 0.05) is 23.9 Å². The smallest absolute Gasteiger partial charge is 0.231 e. The van der Waals surface area contributed by atoms with Crippen LogP contribution in [0.4, 0.5) is 0 Å². The lowest BCUT2D eigenvalue weighted by Crippen LogP contribution is -2.35. The predicted molar refractivity (Wildman–Crippen MR) is 77.7 cm³/mol. The summed E-state index contributed by atoms with van der Waals surface area (Å²) in [4.78, 5) is 4.77. The summed E-state index contributed by atoms with van der Waals surface area (Å²) in [6, 6.07) is 18.7. The van der Waals surface area contributed by atoms with Crippen LogP contribution >= 0.6 is 0 Å². The molecule has 94 valence electrons. The van der Waals surface area contributed by atoms with Gasteiger partial charge in [-0.1, -0.05) is 31.2 Å². The van der Waals surface area contributed by atoms with Crippen LogP contribution in [0, 0.1) is 0 Å². The van der Waals surface area contributed by atoms with Crippen LogP contribution in [-0.4, -0.2) is 4.98 Å². The standard InChI is InChI=1S/C17H17N2/c1-2-12-19-13-6-5-9-17(19)16-11-10-14-7-3-4-8-15(14)18-16/h3-11,13H,2,12H2,1H3/q+1. The molecule has 0 aliphatic heterocycles. The maximum atomic E-state index is 4.77. The second-order valence-electron chi connectivity index (χ2n) is 4.67. The maximum Gasteiger partial charge on any atom is 0.231 e. The lowest BCUT2D eigenvalue weighted by molar-refractivity contribution is -0.686. The maximum absolute atomic E-state index is 4.77. The summed E-state index contributed by atoms with van der Waals surface area (Å²) in [5, 5.41) is 1.18. The molecule has 2 heterocycles. The van der Waals surface area contributed by atoms with Crippen molar-refractivity contribution < 1.29 is 4.57 Å². The number of fused-ring (bicyclic) bond motifs is 1. The second kappa shape index (κ2) is 5.19. The van der Waals surface area contributed by atoms with E-state index in [1.54, 1.807) is 0 Å². The van der Waals surface area contributed by atoms with E-state index in [4.69, 9.17) is 4.98 Å². The Kier molecular flexibility index (Phi) is 3.23. The molecule has 0 unspecified atom stereocenters. The predicted octanol–water partition coefficient (Wildman–Crippen LogP) is 3.60. The number of para-hydroxylation sites is 1. The second-order valence-corrected chi connectivity index (χ2v) is 4.67. The fourth-order valence-corrected chi connectivity index (χ4v) is 2.35. The molecule has 0 aliphatic carbocycles. The van der Waals surface area contributed by atoms with Gasteiger partial charge in [-0.2, -0.15) is 4.57 Å². The molecular weight excluding hydrogens is 232 g/mol. The number of hydrogen-bond donors (Lipinski definition) is 0. The van der Waals surface area contributed by atoms with Gasteiger partial charge in [0.15, 0.2) is 6.20 Å². The molecule has 2 heteroatoms. The lowest BCUT2D eigenvalue weighted by Gasteiger charge is -2.03. The van der Waals surface area contributed by atoms with E-state index in [1.165, 1.54) is 11.1 Å². The Labute approximate surface area is 113 Å². The summed E-state index contributed by atoms with van der Waals surface area (Å²) in [5.74, 6) is 0.